The molecule has 2 atom stereocenters. The number of aromatic nitrogens is 3. The van der Waals surface area contributed by atoms with Gasteiger partial charge in [0.25, 0.3) is 6.47 Å². The molecule has 33 heavy (non-hydrogen) atoms. The molecule has 1 aromatic carbocycles. The summed E-state index contributed by atoms with van der Waals surface area (Å²) >= 11 is 0. The smallest absolute Gasteiger partial charge is 0.290 e. The van der Waals surface area contributed by atoms with E-state index in [2.05, 4.69) is 52.0 Å². The van der Waals surface area contributed by atoms with E-state index < -0.39 is 0 Å². The number of benzene rings is 1. The molecule has 2 aromatic heterocycles. The Labute approximate surface area is 193 Å². The molecule has 0 saturated heterocycles. The number of nitrogens with one attached hydrogen (secondary N) is 2. The van der Waals surface area contributed by atoms with E-state index in [1.807, 2.05) is 41.0 Å². The lowest BCUT2D eigenvalue weighted by atomic mass is 9.89. The molecule has 1 aliphatic heterocycles. The predicted molar refractivity (Wildman–Crippen MR) is 128 cm³/mol. The minimum absolute atomic E-state index is 0.0627. The molecule has 0 radical (unpaired) electrons. The third kappa shape index (κ3) is 5.75. The zero-order valence-electron chi connectivity index (χ0n) is 19.1. The number of anilines is 2. The summed E-state index contributed by atoms with van der Waals surface area (Å²) in [6, 6.07) is 12.3. The Balaban J connectivity index is 0.000000968. The van der Waals surface area contributed by atoms with E-state index in [4.69, 9.17) is 9.90 Å². The number of fused-ring (bicyclic) bond motifs is 1. The van der Waals surface area contributed by atoms with Crippen molar-refractivity contribution in [2.75, 3.05) is 23.8 Å². The summed E-state index contributed by atoms with van der Waals surface area (Å²) < 4.78 is 1.94. The summed E-state index contributed by atoms with van der Waals surface area (Å²) in [5, 5.41) is 18.1. The second-order valence-corrected chi connectivity index (χ2v) is 7.86. The van der Waals surface area contributed by atoms with Crippen LogP contribution >= 0.6 is 0 Å². The predicted octanol–water partition coefficient (Wildman–Crippen LogP) is 3.16. The molecule has 1 aliphatic rings. The van der Waals surface area contributed by atoms with E-state index in [9.17, 15) is 4.79 Å². The van der Waals surface area contributed by atoms with Crippen LogP contribution in [0.15, 0.2) is 55.0 Å². The van der Waals surface area contributed by atoms with Crippen LogP contribution in [-0.4, -0.2) is 51.9 Å². The fraction of sp³-hybridized carbons (Fsp3) is 0.333. The van der Waals surface area contributed by atoms with E-state index in [1.165, 1.54) is 0 Å². The summed E-state index contributed by atoms with van der Waals surface area (Å²) in [4.78, 5) is 27.1. The molecule has 0 fully saturated rings. The molecule has 3 N–H and O–H groups in total. The van der Waals surface area contributed by atoms with Gasteiger partial charge in [-0.25, -0.2) is 4.98 Å². The number of rotatable bonds is 6. The molecule has 9 heteroatoms. The minimum Gasteiger partial charge on any atom is -0.483 e. The van der Waals surface area contributed by atoms with Crippen LogP contribution in [0.1, 0.15) is 31.9 Å². The first-order valence-electron chi connectivity index (χ1n) is 10.8. The fourth-order valence-electron chi connectivity index (χ4n) is 4.15. The number of nitrogens with zero attached hydrogens (tertiary/aromatic N) is 4. The molecule has 3 aromatic rings. The summed E-state index contributed by atoms with van der Waals surface area (Å²) in [5.41, 5.74) is 4.23. The van der Waals surface area contributed by atoms with Crippen LogP contribution in [0.5, 0.6) is 0 Å². The maximum absolute atomic E-state index is 12.4. The van der Waals surface area contributed by atoms with Gasteiger partial charge in [0, 0.05) is 43.2 Å². The number of carbonyl (C=O) groups is 2. The molecule has 0 spiro atoms. The molecule has 9 nitrogen and oxygen atoms in total. The number of pyridine rings is 1. The van der Waals surface area contributed by atoms with Gasteiger partial charge in [0.05, 0.1) is 18.8 Å². The Kier molecular flexibility index (Phi) is 8.15. The van der Waals surface area contributed by atoms with Crippen molar-refractivity contribution in [2.24, 2.45) is 0 Å². The summed E-state index contributed by atoms with van der Waals surface area (Å²) in [6.07, 6.45) is 6.56. The first kappa shape index (κ1) is 23.9. The molecule has 1 amide bonds. The maximum Gasteiger partial charge on any atom is 0.290 e. The Bertz CT molecular complexity index is 1070. The molecular weight excluding hydrogens is 420 g/mol. The molecular formula is C24H30N6O3. The van der Waals surface area contributed by atoms with Crippen molar-refractivity contribution in [2.45, 2.75) is 38.9 Å². The van der Waals surface area contributed by atoms with Gasteiger partial charge in [0.2, 0.25) is 5.91 Å². The van der Waals surface area contributed by atoms with Gasteiger partial charge < -0.3 is 20.6 Å². The van der Waals surface area contributed by atoms with Crippen LogP contribution in [0.2, 0.25) is 0 Å². The van der Waals surface area contributed by atoms with Crippen molar-refractivity contribution >= 4 is 23.9 Å². The van der Waals surface area contributed by atoms with Gasteiger partial charge in [0.1, 0.15) is 5.82 Å². The molecule has 3 heterocycles. The van der Waals surface area contributed by atoms with E-state index in [1.54, 1.807) is 13.1 Å². The first-order valence-corrected chi connectivity index (χ1v) is 10.8. The first-order chi connectivity index (χ1) is 16.0. The van der Waals surface area contributed by atoms with Gasteiger partial charge in [-0.2, -0.15) is 5.10 Å². The van der Waals surface area contributed by atoms with E-state index >= 15 is 0 Å². The number of amides is 1. The van der Waals surface area contributed by atoms with E-state index in [0.29, 0.717) is 0 Å². The highest BCUT2D eigenvalue weighted by molar-refractivity contribution is 5.94. The van der Waals surface area contributed by atoms with Gasteiger partial charge in [0.15, 0.2) is 0 Å². The summed E-state index contributed by atoms with van der Waals surface area (Å²) in [5.74, 6) is 0.898. The highest BCUT2D eigenvalue weighted by Crippen LogP contribution is 2.40. The van der Waals surface area contributed by atoms with Crippen molar-refractivity contribution in [1.82, 2.24) is 20.1 Å². The maximum atomic E-state index is 12.4. The van der Waals surface area contributed by atoms with E-state index in [0.717, 1.165) is 47.7 Å². The largest absolute Gasteiger partial charge is 0.483 e. The second kappa shape index (κ2) is 11.2. The topological polar surface area (TPSA) is 112 Å². The van der Waals surface area contributed by atoms with Gasteiger partial charge in [-0.15, -0.1) is 0 Å². The Morgan fingerprint density at radius 3 is 2.73 bits per heavy atom. The standard InChI is InChI=1S/C23H28N6O.CH2O2/c1-16-12-21(27-23-6-4-5-9-25-23)20-13-18(7-8-22(20)29(16)17(2)30)19-14-26-28(15-19)11-10-24-3;2-1-3/h4-9,13-16,21,24H,10-12H2,1-3H3,(H,25,27);1H,(H,2,3)/t16-,21+;/m0./s1. The molecule has 4 rings (SSSR count). The Hall–Kier alpha value is -3.72. The number of carboxylic acid groups (broad SMARTS) is 1. The van der Waals surface area contributed by atoms with Crippen molar-refractivity contribution in [1.29, 1.82) is 0 Å². The monoisotopic (exact) mass is 450 g/mol. The van der Waals surface area contributed by atoms with Crippen LogP contribution in [0.4, 0.5) is 11.5 Å². The van der Waals surface area contributed by atoms with Crippen molar-refractivity contribution in [3.63, 3.8) is 0 Å². The lowest BCUT2D eigenvalue weighted by Gasteiger charge is -2.39. The van der Waals surface area contributed by atoms with Crippen LogP contribution in [-0.2, 0) is 16.1 Å². The number of likely N-dealkylation sites (N-methyl/N-ethyl adjacent to an activating group) is 1. The molecule has 174 valence electrons. The number of hydrogen-bond donors (Lipinski definition) is 3. The number of carbonyl (C=O) groups excluding carboxylic acids is 1. The highest BCUT2D eigenvalue weighted by Gasteiger charge is 2.32. The SMILES string of the molecule is CNCCn1cc(-c2ccc3c(c2)[C@H](Nc2ccccn2)C[C@H](C)N3C(C)=O)cn1.O=CO. The second-order valence-electron chi connectivity index (χ2n) is 7.86. The summed E-state index contributed by atoms with van der Waals surface area (Å²) in [6.45, 7) is 5.16. The average molecular weight is 451 g/mol. The van der Waals surface area contributed by atoms with Crippen LogP contribution in [0, 0.1) is 0 Å². The Morgan fingerprint density at radius 2 is 2.06 bits per heavy atom. The van der Waals surface area contributed by atoms with Crippen LogP contribution < -0.4 is 15.5 Å². The minimum atomic E-state index is -0.250. The lowest BCUT2D eigenvalue weighted by Crippen LogP contribution is -2.43. The lowest BCUT2D eigenvalue weighted by molar-refractivity contribution is -0.123. The van der Waals surface area contributed by atoms with Crippen LogP contribution in [0.3, 0.4) is 0 Å². The Morgan fingerprint density at radius 1 is 1.27 bits per heavy atom. The van der Waals surface area contributed by atoms with Crippen molar-refractivity contribution in [3.05, 3.63) is 60.6 Å². The molecule has 0 aliphatic carbocycles. The zero-order valence-corrected chi connectivity index (χ0v) is 19.1. The molecule has 0 saturated carbocycles. The van der Waals surface area contributed by atoms with E-state index in [-0.39, 0.29) is 24.5 Å². The third-order valence-electron chi connectivity index (χ3n) is 5.56. The normalized spacial score (nSPS) is 16.9. The number of hydrogen-bond acceptors (Lipinski definition) is 6. The van der Waals surface area contributed by atoms with Crippen molar-refractivity contribution < 1.29 is 14.7 Å². The molecule has 0 bridgehead atoms. The van der Waals surface area contributed by atoms with Gasteiger partial charge in [-0.1, -0.05) is 12.1 Å². The highest BCUT2D eigenvalue weighted by atomic mass is 16.3. The van der Waals surface area contributed by atoms with Crippen molar-refractivity contribution in [3.8, 4) is 11.1 Å². The zero-order chi connectivity index (χ0) is 23.8. The third-order valence-corrected chi connectivity index (χ3v) is 5.56. The van der Waals surface area contributed by atoms with Gasteiger partial charge >= 0.3 is 0 Å². The quantitative estimate of drug-likeness (QED) is 0.495. The average Bonchev–Trinajstić information content (AvgIpc) is 3.27. The molecule has 0 unspecified atom stereocenters. The van der Waals surface area contributed by atoms with Gasteiger partial charge in [-0.05, 0) is 55.8 Å². The summed E-state index contributed by atoms with van der Waals surface area (Å²) in [7, 11) is 1.93. The van der Waals surface area contributed by atoms with Gasteiger partial charge in [-0.3, -0.25) is 14.3 Å². The van der Waals surface area contributed by atoms with Crippen LogP contribution in [0.25, 0.3) is 11.1 Å². The fourth-order valence-corrected chi connectivity index (χ4v) is 4.15.